The van der Waals surface area contributed by atoms with Crippen molar-refractivity contribution >= 4 is 6.03 Å². The molecule has 1 saturated heterocycles. The SMILES string of the molecule is C[C@@H](O)CC(C)(C)CNC(=O)N[C@@H]1CCN(C2CCCC2)C1. The first-order chi connectivity index (χ1) is 10.4. The maximum absolute atomic E-state index is 12.1. The Morgan fingerprint density at radius 3 is 2.64 bits per heavy atom. The standard InChI is InChI=1S/C17H33N3O2/c1-13(21)10-17(2,3)12-18-16(22)19-14-8-9-20(11-14)15-6-4-5-7-15/h13-15,21H,4-12H2,1-3H3,(H2,18,19,22)/t13-,14-/m1/s1. The third kappa shape index (κ3) is 5.43. The van der Waals surface area contributed by atoms with E-state index in [4.69, 9.17) is 0 Å². The molecule has 128 valence electrons. The summed E-state index contributed by atoms with van der Waals surface area (Å²) in [5.41, 5.74) is -0.0862. The number of hydrogen-bond donors (Lipinski definition) is 3. The first-order valence-electron chi connectivity index (χ1n) is 8.82. The van der Waals surface area contributed by atoms with E-state index >= 15 is 0 Å². The van der Waals surface area contributed by atoms with Crippen LogP contribution in [0, 0.1) is 5.41 Å². The Morgan fingerprint density at radius 2 is 2.00 bits per heavy atom. The average molecular weight is 311 g/mol. The van der Waals surface area contributed by atoms with Crippen molar-refractivity contribution in [2.75, 3.05) is 19.6 Å². The zero-order chi connectivity index (χ0) is 16.2. The minimum atomic E-state index is -0.338. The highest BCUT2D eigenvalue weighted by atomic mass is 16.3. The predicted molar refractivity (Wildman–Crippen MR) is 88.8 cm³/mol. The molecule has 5 nitrogen and oxygen atoms in total. The van der Waals surface area contributed by atoms with E-state index in [2.05, 4.69) is 29.4 Å². The molecule has 0 spiro atoms. The van der Waals surface area contributed by atoms with Crippen LogP contribution in [0.5, 0.6) is 0 Å². The van der Waals surface area contributed by atoms with Gasteiger partial charge in [0.25, 0.3) is 0 Å². The second-order valence-electron chi connectivity index (χ2n) is 7.96. The van der Waals surface area contributed by atoms with Crippen LogP contribution in [0.1, 0.15) is 59.3 Å². The molecule has 2 fully saturated rings. The zero-order valence-electron chi connectivity index (χ0n) is 14.4. The van der Waals surface area contributed by atoms with Crippen molar-refractivity contribution in [2.45, 2.75) is 77.5 Å². The van der Waals surface area contributed by atoms with E-state index in [1.54, 1.807) is 6.92 Å². The van der Waals surface area contributed by atoms with Crippen LogP contribution in [0.25, 0.3) is 0 Å². The highest BCUT2D eigenvalue weighted by Gasteiger charge is 2.30. The zero-order valence-corrected chi connectivity index (χ0v) is 14.4. The molecule has 2 amide bonds. The molecule has 2 atom stereocenters. The van der Waals surface area contributed by atoms with Crippen molar-refractivity contribution in [3.63, 3.8) is 0 Å². The van der Waals surface area contributed by atoms with E-state index < -0.39 is 0 Å². The lowest BCUT2D eigenvalue weighted by atomic mass is 9.87. The third-order valence-electron chi connectivity index (χ3n) is 4.97. The number of aliphatic hydroxyl groups is 1. The molecule has 0 aromatic carbocycles. The van der Waals surface area contributed by atoms with Crippen LogP contribution in [0.2, 0.25) is 0 Å². The van der Waals surface area contributed by atoms with Gasteiger partial charge in [-0.2, -0.15) is 0 Å². The largest absolute Gasteiger partial charge is 0.393 e. The molecule has 1 heterocycles. The first kappa shape index (κ1) is 17.5. The molecule has 22 heavy (non-hydrogen) atoms. The summed E-state index contributed by atoms with van der Waals surface area (Å²) in [4.78, 5) is 14.6. The Morgan fingerprint density at radius 1 is 1.32 bits per heavy atom. The van der Waals surface area contributed by atoms with Crippen LogP contribution in [0.15, 0.2) is 0 Å². The van der Waals surface area contributed by atoms with Crippen molar-refractivity contribution < 1.29 is 9.90 Å². The van der Waals surface area contributed by atoms with Crippen LogP contribution in [0.4, 0.5) is 4.79 Å². The van der Waals surface area contributed by atoms with Crippen LogP contribution in [0.3, 0.4) is 0 Å². The number of likely N-dealkylation sites (tertiary alicyclic amines) is 1. The van der Waals surface area contributed by atoms with E-state index in [1.165, 1.54) is 25.7 Å². The van der Waals surface area contributed by atoms with Crippen molar-refractivity contribution in [1.29, 1.82) is 0 Å². The number of nitrogens with one attached hydrogen (secondary N) is 2. The van der Waals surface area contributed by atoms with Crippen LogP contribution in [-0.2, 0) is 0 Å². The molecular weight excluding hydrogens is 278 g/mol. The fraction of sp³-hybridized carbons (Fsp3) is 0.941. The second kappa shape index (κ2) is 7.64. The van der Waals surface area contributed by atoms with Crippen molar-refractivity contribution in [2.24, 2.45) is 5.41 Å². The van der Waals surface area contributed by atoms with Gasteiger partial charge in [-0.3, -0.25) is 4.90 Å². The normalized spacial score (nSPS) is 25.4. The summed E-state index contributed by atoms with van der Waals surface area (Å²) in [6.45, 7) is 8.62. The number of carbonyl (C=O) groups is 1. The fourth-order valence-electron chi connectivity index (χ4n) is 3.93. The van der Waals surface area contributed by atoms with Crippen LogP contribution >= 0.6 is 0 Å². The van der Waals surface area contributed by atoms with Gasteiger partial charge in [-0.25, -0.2) is 4.79 Å². The number of hydrogen-bond acceptors (Lipinski definition) is 3. The highest BCUT2D eigenvalue weighted by molar-refractivity contribution is 5.74. The lowest BCUT2D eigenvalue weighted by molar-refractivity contribution is 0.128. The minimum Gasteiger partial charge on any atom is -0.393 e. The summed E-state index contributed by atoms with van der Waals surface area (Å²) < 4.78 is 0. The molecule has 3 N–H and O–H groups in total. The van der Waals surface area contributed by atoms with Crippen LogP contribution < -0.4 is 10.6 Å². The van der Waals surface area contributed by atoms with Gasteiger partial charge < -0.3 is 15.7 Å². The topological polar surface area (TPSA) is 64.6 Å². The summed E-state index contributed by atoms with van der Waals surface area (Å²) in [6, 6.07) is 0.956. The molecule has 2 aliphatic rings. The highest BCUT2D eigenvalue weighted by Crippen LogP contribution is 2.26. The molecule has 0 bridgehead atoms. The maximum Gasteiger partial charge on any atom is 0.315 e. The smallest absolute Gasteiger partial charge is 0.315 e. The van der Waals surface area contributed by atoms with Crippen LogP contribution in [-0.4, -0.2) is 53.9 Å². The monoisotopic (exact) mass is 311 g/mol. The molecule has 1 aliphatic heterocycles. The molecule has 2 rings (SSSR count). The van der Waals surface area contributed by atoms with Gasteiger partial charge in [-0.15, -0.1) is 0 Å². The lowest BCUT2D eigenvalue weighted by Crippen LogP contribution is -2.46. The Balaban J connectivity index is 1.67. The van der Waals surface area contributed by atoms with Gasteiger partial charge in [0.05, 0.1) is 6.10 Å². The summed E-state index contributed by atoms with van der Waals surface area (Å²) in [6.07, 6.45) is 6.78. The van der Waals surface area contributed by atoms with Crippen molar-refractivity contribution in [1.82, 2.24) is 15.5 Å². The van der Waals surface area contributed by atoms with Gasteiger partial charge in [-0.1, -0.05) is 26.7 Å². The molecular formula is C17H33N3O2. The van der Waals surface area contributed by atoms with E-state index in [9.17, 15) is 9.90 Å². The number of aliphatic hydroxyl groups excluding tert-OH is 1. The molecule has 1 aliphatic carbocycles. The summed E-state index contributed by atoms with van der Waals surface area (Å²) in [7, 11) is 0. The summed E-state index contributed by atoms with van der Waals surface area (Å²) in [5, 5.41) is 15.5. The van der Waals surface area contributed by atoms with Gasteiger partial charge in [0.15, 0.2) is 0 Å². The van der Waals surface area contributed by atoms with E-state index in [0.29, 0.717) is 13.0 Å². The van der Waals surface area contributed by atoms with E-state index in [0.717, 1.165) is 25.6 Å². The molecule has 0 radical (unpaired) electrons. The number of carbonyl (C=O) groups excluding carboxylic acids is 1. The van der Waals surface area contributed by atoms with Gasteiger partial charge in [0.2, 0.25) is 0 Å². The van der Waals surface area contributed by atoms with E-state index in [1.807, 2.05) is 0 Å². The Labute approximate surface area is 134 Å². The number of rotatable bonds is 6. The lowest BCUT2D eigenvalue weighted by Gasteiger charge is -2.27. The number of nitrogens with zero attached hydrogens (tertiary/aromatic N) is 1. The Hall–Kier alpha value is -0.810. The fourth-order valence-corrected chi connectivity index (χ4v) is 3.93. The molecule has 5 heteroatoms. The second-order valence-corrected chi connectivity index (χ2v) is 7.96. The van der Waals surface area contributed by atoms with Gasteiger partial charge in [-0.05, 0) is 38.0 Å². The van der Waals surface area contributed by atoms with Gasteiger partial charge in [0, 0.05) is 31.7 Å². The molecule has 0 unspecified atom stereocenters. The average Bonchev–Trinajstić information content (AvgIpc) is 3.05. The molecule has 0 aromatic rings. The minimum absolute atomic E-state index is 0.0723. The number of amides is 2. The number of urea groups is 1. The summed E-state index contributed by atoms with van der Waals surface area (Å²) in [5.74, 6) is 0. The van der Waals surface area contributed by atoms with E-state index in [-0.39, 0.29) is 23.6 Å². The predicted octanol–water partition coefficient (Wildman–Crippen LogP) is 2.10. The van der Waals surface area contributed by atoms with Crippen molar-refractivity contribution in [3.8, 4) is 0 Å². The first-order valence-corrected chi connectivity index (χ1v) is 8.82. The Bertz CT molecular complexity index is 365. The molecule has 1 saturated carbocycles. The Kier molecular flexibility index (Phi) is 6.09. The summed E-state index contributed by atoms with van der Waals surface area (Å²) >= 11 is 0. The maximum atomic E-state index is 12.1. The van der Waals surface area contributed by atoms with Gasteiger partial charge in [0.1, 0.15) is 0 Å². The van der Waals surface area contributed by atoms with Gasteiger partial charge >= 0.3 is 6.03 Å². The molecule has 0 aromatic heterocycles. The quantitative estimate of drug-likeness (QED) is 0.704. The van der Waals surface area contributed by atoms with Crippen molar-refractivity contribution in [3.05, 3.63) is 0 Å². The third-order valence-corrected chi connectivity index (χ3v) is 4.97.